The summed E-state index contributed by atoms with van der Waals surface area (Å²) in [7, 11) is -3.68. The maximum absolute atomic E-state index is 13.0. The van der Waals surface area contributed by atoms with Gasteiger partial charge in [0.1, 0.15) is 0 Å². The average Bonchev–Trinajstić information content (AvgIpc) is 3.22. The van der Waals surface area contributed by atoms with E-state index in [1.807, 2.05) is 39.8 Å². The van der Waals surface area contributed by atoms with Crippen LogP contribution in [0.1, 0.15) is 46.8 Å². The first-order chi connectivity index (χ1) is 16.1. The van der Waals surface area contributed by atoms with Gasteiger partial charge in [-0.3, -0.25) is 10.1 Å². The Hall–Kier alpha value is -3.08. The molecule has 180 valence electrons. The molecule has 1 amide bonds. The number of morpholine rings is 1. The van der Waals surface area contributed by atoms with Gasteiger partial charge in [-0.05, 0) is 68.7 Å². The van der Waals surface area contributed by atoms with E-state index in [1.165, 1.54) is 39.7 Å². The predicted octanol–water partition coefficient (Wildman–Crippen LogP) is 3.33. The zero-order valence-corrected chi connectivity index (χ0v) is 20.4. The molecule has 10 heteroatoms. The number of carbonyl (C=O) groups is 1. The number of carbonyl (C=O) groups excluding carboxylic acids is 1. The molecule has 0 aliphatic carbocycles. The van der Waals surface area contributed by atoms with E-state index < -0.39 is 15.9 Å². The minimum atomic E-state index is -3.68. The van der Waals surface area contributed by atoms with Crippen LogP contribution in [0.15, 0.2) is 51.8 Å². The number of hydrogen-bond donors (Lipinski definition) is 1. The first kappa shape index (κ1) is 24.1. The Morgan fingerprint density at radius 2 is 1.71 bits per heavy atom. The molecule has 1 N–H and O–H groups in total. The van der Waals surface area contributed by atoms with E-state index >= 15 is 0 Å². The Kier molecular flexibility index (Phi) is 6.83. The molecule has 0 bridgehead atoms. The smallest absolute Gasteiger partial charge is 0.322 e. The fourth-order valence-corrected chi connectivity index (χ4v) is 5.48. The Bertz CT molecular complexity index is 1280. The standard InChI is InChI=1S/C24H28N4O5S/c1-15-5-6-19(11-16(15)2)12-22-26-27-24(33-22)25-23(29)20-7-9-21(10-8-20)34(30,31)28-13-17(3)32-18(4)14-28/h5-11,17-18H,12-14H2,1-4H3,(H,25,27,29). The fraction of sp³-hybridized carbons (Fsp3) is 0.375. The van der Waals surface area contributed by atoms with Crippen LogP contribution in [0, 0.1) is 13.8 Å². The molecule has 2 aromatic carbocycles. The number of rotatable bonds is 6. The minimum Gasteiger partial charge on any atom is -0.407 e. The SMILES string of the molecule is Cc1ccc(Cc2nnc(NC(=O)c3ccc(S(=O)(=O)N4CC(C)OC(C)C4)cc3)o2)cc1C. The lowest BCUT2D eigenvalue weighted by molar-refractivity contribution is -0.0440. The molecule has 1 aliphatic rings. The lowest BCUT2D eigenvalue weighted by atomic mass is 10.0. The Labute approximate surface area is 199 Å². The van der Waals surface area contributed by atoms with Crippen LogP contribution in [0.2, 0.25) is 0 Å². The maximum atomic E-state index is 13.0. The lowest BCUT2D eigenvalue weighted by Crippen LogP contribution is -2.48. The highest BCUT2D eigenvalue weighted by Gasteiger charge is 2.32. The lowest BCUT2D eigenvalue weighted by Gasteiger charge is -2.34. The number of anilines is 1. The first-order valence-corrected chi connectivity index (χ1v) is 12.5. The topological polar surface area (TPSA) is 115 Å². The van der Waals surface area contributed by atoms with Gasteiger partial charge >= 0.3 is 6.01 Å². The third-order valence-corrected chi connectivity index (χ3v) is 7.60. The van der Waals surface area contributed by atoms with Gasteiger partial charge < -0.3 is 9.15 Å². The summed E-state index contributed by atoms with van der Waals surface area (Å²) < 4.78 is 38.6. The second kappa shape index (κ2) is 9.65. The van der Waals surface area contributed by atoms with Crippen molar-refractivity contribution in [1.82, 2.24) is 14.5 Å². The highest BCUT2D eigenvalue weighted by Crippen LogP contribution is 2.22. The van der Waals surface area contributed by atoms with Crippen molar-refractivity contribution in [3.05, 3.63) is 70.6 Å². The summed E-state index contributed by atoms with van der Waals surface area (Å²) in [6.07, 6.45) is 0.0887. The van der Waals surface area contributed by atoms with Gasteiger partial charge in [0.2, 0.25) is 15.9 Å². The van der Waals surface area contributed by atoms with Crippen LogP contribution in [0.4, 0.5) is 6.01 Å². The number of aryl methyl sites for hydroxylation is 2. The highest BCUT2D eigenvalue weighted by molar-refractivity contribution is 7.89. The Morgan fingerprint density at radius 3 is 2.35 bits per heavy atom. The van der Waals surface area contributed by atoms with Crippen molar-refractivity contribution >= 4 is 21.9 Å². The van der Waals surface area contributed by atoms with Crippen molar-refractivity contribution < 1.29 is 22.4 Å². The molecule has 34 heavy (non-hydrogen) atoms. The Morgan fingerprint density at radius 1 is 1.03 bits per heavy atom. The largest absolute Gasteiger partial charge is 0.407 e. The molecule has 0 radical (unpaired) electrons. The summed E-state index contributed by atoms with van der Waals surface area (Å²) in [5.41, 5.74) is 3.69. The molecule has 2 unspecified atom stereocenters. The molecule has 0 spiro atoms. The molecular formula is C24H28N4O5S. The number of amides is 1. The van der Waals surface area contributed by atoms with Crippen LogP contribution in [-0.4, -0.2) is 54.1 Å². The predicted molar refractivity (Wildman–Crippen MR) is 126 cm³/mol. The van der Waals surface area contributed by atoms with Gasteiger partial charge in [0.05, 0.1) is 23.5 Å². The average molecular weight is 485 g/mol. The van der Waals surface area contributed by atoms with Gasteiger partial charge in [-0.2, -0.15) is 4.31 Å². The van der Waals surface area contributed by atoms with E-state index in [-0.39, 0.29) is 41.8 Å². The normalized spacial score (nSPS) is 19.2. The molecule has 1 fully saturated rings. The third kappa shape index (κ3) is 5.35. The Balaban J connectivity index is 1.41. The van der Waals surface area contributed by atoms with Crippen molar-refractivity contribution in [2.45, 2.75) is 51.2 Å². The van der Waals surface area contributed by atoms with Crippen molar-refractivity contribution in [2.24, 2.45) is 0 Å². The summed E-state index contributed by atoms with van der Waals surface area (Å²) in [6.45, 7) is 8.35. The van der Waals surface area contributed by atoms with E-state index in [0.717, 1.165) is 5.56 Å². The molecule has 2 heterocycles. The molecular weight excluding hydrogens is 456 g/mol. The summed E-state index contributed by atoms with van der Waals surface area (Å²) in [6, 6.07) is 11.8. The minimum absolute atomic E-state index is 0.0168. The number of ether oxygens (including phenoxy) is 1. The number of benzene rings is 2. The van der Waals surface area contributed by atoms with Crippen molar-refractivity contribution in [3.8, 4) is 0 Å². The van der Waals surface area contributed by atoms with E-state index in [1.54, 1.807) is 0 Å². The second-order valence-electron chi connectivity index (χ2n) is 8.65. The third-order valence-electron chi connectivity index (χ3n) is 5.75. The molecule has 1 aliphatic heterocycles. The first-order valence-electron chi connectivity index (χ1n) is 11.1. The monoisotopic (exact) mass is 484 g/mol. The number of nitrogens with zero attached hydrogens (tertiary/aromatic N) is 3. The molecule has 2 atom stereocenters. The van der Waals surface area contributed by atoms with Crippen LogP contribution in [-0.2, 0) is 21.2 Å². The van der Waals surface area contributed by atoms with Gasteiger partial charge in [-0.25, -0.2) is 8.42 Å². The van der Waals surface area contributed by atoms with Crippen LogP contribution >= 0.6 is 0 Å². The number of aromatic nitrogens is 2. The van der Waals surface area contributed by atoms with Crippen LogP contribution in [0.25, 0.3) is 0 Å². The van der Waals surface area contributed by atoms with E-state index in [9.17, 15) is 13.2 Å². The highest BCUT2D eigenvalue weighted by atomic mass is 32.2. The molecule has 0 saturated carbocycles. The van der Waals surface area contributed by atoms with Crippen molar-refractivity contribution in [1.29, 1.82) is 0 Å². The van der Waals surface area contributed by atoms with Gasteiger partial charge in [-0.15, -0.1) is 5.10 Å². The molecule has 3 aromatic rings. The number of sulfonamides is 1. The van der Waals surface area contributed by atoms with Crippen molar-refractivity contribution in [3.63, 3.8) is 0 Å². The van der Waals surface area contributed by atoms with Gasteiger partial charge in [0.15, 0.2) is 0 Å². The number of nitrogens with one attached hydrogen (secondary N) is 1. The zero-order chi connectivity index (χ0) is 24.5. The van der Waals surface area contributed by atoms with Crippen LogP contribution in [0.3, 0.4) is 0 Å². The maximum Gasteiger partial charge on any atom is 0.322 e. The molecule has 4 rings (SSSR count). The molecule has 1 saturated heterocycles. The zero-order valence-electron chi connectivity index (χ0n) is 19.6. The van der Waals surface area contributed by atoms with Crippen LogP contribution < -0.4 is 5.32 Å². The van der Waals surface area contributed by atoms with Gasteiger partial charge in [0, 0.05) is 18.7 Å². The van der Waals surface area contributed by atoms with Gasteiger partial charge in [0.25, 0.3) is 5.91 Å². The number of hydrogen-bond acceptors (Lipinski definition) is 7. The van der Waals surface area contributed by atoms with E-state index in [0.29, 0.717) is 12.3 Å². The van der Waals surface area contributed by atoms with Crippen LogP contribution in [0.5, 0.6) is 0 Å². The molecule has 9 nitrogen and oxygen atoms in total. The van der Waals surface area contributed by atoms with Crippen molar-refractivity contribution in [2.75, 3.05) is 18.4 Å². The van der Waals surface area contributed by atoms with E-state index in [2.05, 4.69) is 21.6 Å². The quantitative estimate of drug-likeness (QED) is 0.571. The summed E-state index contributed by atoms with van der Waals surface area (Å²) in [5, 5.41) is 10.4. The summed E-state index contributed by atoms with van der Waals surface area (Å²) in [5.74, 6) is -0.0899. The second-order valence-corrected chi connectivity index (χ2v) is 10.6. The van der Waals surface area contributed by atoms with Gasteiger partial charge in [-0.1, -0.05) is 23.3 Å². The van der Waals surface area contributed by atoms with E-state index in [4.69, 9.17) is 9.15 Å². The molecule has 1 aromatic heterocycles. The summed E-state index contributed by atoms with van der Waals surface area (Å²) >= 11 is 0. The fourth-order valence-electron chi connectivity index (χ4n) is 3.89. The summed E-state index contributed by atoms with van der Waals surface area (Å²) in [4.78, 5) is 12.7.